The molecule has 0 aromatic heterocycles. The summed E-state index contributed by atoms with van der Waals surface area (Å²) in [6.45, 7) is 0. The van der Waals surface area contributed by atoms with Crippen LogP contribution in [0.15, 0.2) is 26.9 Å². The second kappa shape index (κ2) is 3.90. The van der Waals surface area contributed by atoms with Crippen LogP contribution in [0.1, 0.15) is 11.1 Å². The van der Waals surface area contributed by atoms with E-state index in [-0.39, 0.29) is 5.84 Å². The maximum absolute atomic E-state index is 7.75. The van der Waals surface area contributed by atoms with E-state index in [2.05, 4.69) is 11.1 Å². The molecule has 0 saturated carbocycles. The molecule has 3 nitrogen and oxygen atoms in total. The molecule has 0 bridgehead atoms. The molecule has 0 radical (unpaired) electrons. The molecule has 1 aliphatic rings. The van der Waals surface area contributed by atoms with Crippen molar-refractivity contribution in [3.63, 3.8) is 0 Å². The summed E-state index contributed by atoms with van der Waals surface area (Å²) in [6.07, 6.45) is 4.03. The lowest BCUT2D eigenvalue weighted by Crippen LogP contribution is -2.10. The summed E-state index contributed by atoms with van der Waals surface area (Å²) in [5, 5.41) is 7.75. The van der Waals surface area contributed by atoms with Crippen LogP contribution in [0, 0.1) is 5.41 Å². The zero-order valence-corrected chi connectivity index (χ0v) is 10.1. The normalized spacial score (nSPS) is 14.0. The van der Waals surface area contributed by atoms with Crippen molar-refractivity contribution in [3.8, 4) is 0 Å². The maximum atomic E-state index is 7.75. The fraction of sp³-hybridized carbons (Fsp3) is 0.200. The minimum atomic E-state index is 0.277. The first-order valence-corrected chi connectivity index (χ1v) is 6.81. The Morgan fingerprint density at radius 2 is 2.00 bits per heavy atom. The van der Waals surface area contributed by atoms with Gasteiger partial charge >= 0.3 is 0 Å². The van der Waals surface area contributed by atoms with E-state index < -0.39 is 0 Å². The van der Waals surface area contributed by atoms with Gasteiger partial charge in [-0.1, -0.05) is 0 Å². The molecule has 3 N–H and O–H groups in total. The average molecular weight is 237 g/mol. The van der Waals surface area contributed by atoms with Gasteiger partial charge in [0.2, 0.25) is 0 Å². The third kappa shape index (κ3) is 1.66. The number of rotatable bonds is 2. The van der Waals surface area contributed by atoms with Crippen LogP contribution in [-0.2, 0) is 0 Å². The molecule has 0 amide bonds. The second-order valence-electron chi connectivity index (χ2n) is 3.10. The first-order valence-electron chi connectivity index (χ1n) is 4.37. The van der Waals surface area contributed by atoms with Gasteiger partial charge < -0.3 is 5.73 Å². The van der Waals surface area contributed by atoms with Crippen LogP contribution in [0.2, 0.25) is 0 Å². The van der Waals surface area contributed by atoms with Crippen LogP contribution in [0.4, 0.5) is 0 Å². The summed E-state index contributed by atoms with van der Waals surface area (Å²) >= 11 is 3.30. The Kier molecular flexibility index (Phi) is 2.75. The molecular formula is C10H11N3S2. The summed E-state index contributed by atoms with van der Waals surface area (Å²) in [4.78, 5) is 6.23. The number of benzene rings is 1. The largest absolute Gasteiger partial charge is 0.383 e. The smallest absolute Gasteiger partial charge is 0.156 e. The first kappa shape index (κ1) is 10.6. The highest BCUT2D eigenvalue weighted by Crippen LogP contribution is 2.32. The third-order valence-corrected chi connectivity index (χ3v) is 3.75. The van der Waals surface area contributed by atoms with E-state index in [1.165, 1.54) is 0 Å². The minimum absolute atomic E-state index is 0.277. The van der Waals surface area contributed by atoms with Crippen molar-refractivity contribution < 1.29 is 0 Å². The molecule has 0 saturated heterocycles. The molecule has 78 valence electrons. The molecule has 5 heteroatoms. The predicted octanol–water partition coefficient (Wildman–Crippen LogP) is 2.17. The molecule has 0 unspecified atom stereocenters. The zero-order valence-electron chi connectivity index (χ0n) is 8.50. The monoisotopic (exact) mass is 237 g/mol. The van der Waals surface area contributed by atoms with Gasteiger partial charge in [-0.25, -0.2) is 4.99 Å². The Balaban J connectivity index is 2.67. The number of nitrogens with two attached hydrogens (primary N) is 1. The second-order valence-corrected chi connectivity index (χ2v) is 4.83. The number of aliphatic imine (C=N–C) groups is 1. The van der Waals surface area contributed by atoms with Crippen molar-refractivity contribution in [1.29, 1.82) is 5.41 Å². The Morgan fingerprint density at radius 1 is 1.27 bits per heavy atom. The number of fused-ring (bicyclic) bond motifs is 1. The van der Waals surface area contributed by atoms with Gasteiger partial charge in [0.25, 0.3) is 0 Å². The maximum Gasteiger partial charge on any atom is 0.156 e. The van der Waals surface area contributed by atoms with Gasteiger partial charge in [0.1, 0.15) is 5.84 Å². The fourth-order valence-corrected chi connectivity index (χ4v) is 2.75. The van der Waals surface area contributed by atoms with Gasteiger partial charge in [0, 0.05) is 20.9 Å². The third-order valence-electron chi connectivity index (χ3n) is 2.28. The van der Waals surface area contributed by atoms with Crippen molar-refractivity contribution in [1.82, 2.24) is 0 Å². The zero-order chi connectivity index (χ0) is 11.0. The van der Waals surface area contributed by atoms with Gasteiger partial charge in [-0.2, -0.15) is 0 Å². The van der Waals surface area contributed by atoms with E-state index in [9.17, 15) is 0 Å². The lowest BCUT2D eigenvalue weighted by Gasteiger charge is -2.07. The topological polar surface area (TPSA) is 62.2 Å². The Hall–Kier alpha value is -0.940. The highest BCUT2D eigenvalue weighted by atomic mass is 32.2. The van der Waals surface area contributed by atoms with E-state index in [0.29, 0.717) is 5.84 Å². The van der Waals surface area contributed by atoms with Crippen LogP contribution in [0.25, 0.3) is 0 Å². The highest BCUT2D eigenvalue weighted by molar-refractivity contribution is 7.99. The van der Waals surface area contributed by atoms with Crippen molar-refractivity contribution in [2.24, 2.45) is 10.7 Å². The lowest BCUT2D eigenvalue weighted by molar-refractivity contribution is 1.29. The van der Waals surface area contributed by atoms with Gasteiger partial charge in [-0.3, -0.25) is 5.41 Å². The molecule has 1 heterocycles. The predicted molar refractivity (Wildman–Crippen MR) is 67.6 cm³/mol. The van der Waals surface area contributed by atoms with E-state index >= 15 is 0 Å². The fourth-order valence-electron chi connectivity index (χ4n) is 1.55. The van der Waals surface area contributed by atoms with Gasteiger partial charge in [0.15, 0.2) is 5.84 Å². The Bertz CT molecular complexity index is 466. The molecule has 1 aliphatic heterocycles. The number of thioether (sulfide) groups is 2. The van der Waals surface area contributed by atoms with Crippen molar-refractivity contribution in [2.45, 2.75) is 9.79 Å². The number of nitrogens with one attached hydrogen (secondary N) is 1. The standard InChI is InChI=1S/C10H11N3S2/c1-14-5-3-6-8(7(4-5)15-2)10(12)13-9(6)11/h3-4H,1-2H3,(H3,11,12,13). The van der Waals surface area contributed by atoms with Crippen LogP contribution in [-0.4, -0.2) is 24.2 Å². The molecule has 0 spiro atoms. The minimum Gasteiger partial charge on any atom is -0.383 e. The van der Waals surface area contributed by atoms with Crippen LogP contribution in [0.3, 0.4) is 0 Å². The molecule has 0 fully saturated rings. The van der Waals surface area contributed by atoms with Crippen LogP contribution < -0.4 is 5.73 Å². The molecule has 1 aromatic carbocycles. The van der Waals surface area contributed by atoms with Crippen molar-refractivity contribution in [3.05, 3.63) is 23.3 Å². The summed E-state index contributed by atoms with van der Waals surface area (Å²) in [5.41, 5.74) is 7.55. The van der Waals surface area contributed by atoms with Crippen molar-refractivity contribution in [2.75, 3.05) is 12.5 Å². The lowest BCUT2D eigenvalue weighted by atomic mass is 10.1. The van der Waals surface area contributed by atoms with Crippen LogP contribution >= 0.6 is 23.5 Å². The van der Waals surface area contributed by atoms with Crippen molar-refractivity contribution >= 4 is 35.2 Å². The van der Waals surface area contributed by atoms with E-state index in [4.69, 9.17) is 11.1 Å². The Labute approximate surface area is 97.1 Å². The summed E-state index contributed by atoms with van der Waals surface area (Å²) in [7, 11) is 0. The van der Waals surface area contributed by atoms with Crippen LogP contribution in [0.5, 0.6) is 0 Å². The van der Waals surface area contributed by atoms with Gasteiger partial charge in [-0.05, 0) is 24.6 Å². The summed E-state index contributed by atoms with van der Waals surface area (Å²) in [5.74, 6) is 0.737. The number of hydrogen-bond donors (Lipinski definition) is 2. The molecular weight excluding hydrogens is 226 g/mol. The number of nitrogens with zero attached hydrogens (tertiary/aromatic N) is 1. The molecule has 0 aliphatic carbocycles. The highest BCUT2D eigenvalue weighted by Gasteiger charge is 2.22. The molecule has 0 atom stereocenters. The summed E-state index contributed by atoms with van der Waals surface area (Å²) in [6, 6.07) is 4.08. The first-order chi connectivity index (χ1) is 7.17. The number of hydrogen-bond acceptors (Lipinski definition) is 4. The van der Waals surface area contributed by atoms with E-state index in [1.54, 1.807) is 23.5 Å². The molecule has 2 rings (SSSR count). The van der Waals surface area contributed by atoms with E-state index in [0.717, 1.165) is 20.9 Å². The van der Waals surface area contributed by atoms with Gasteiger partial charge in [-0.15, -0.1) is 23.5 Å². The Morgan fingerprint density at radius 3 is 2.60 bits per heavy atom. The quantitative estimate of drug-likeness (QED) is 0.775. The molecule has 1 aromatic rings. The summed E-state index contributed by atoms with van der Waals surface area (Å²) < 4.78 is 0. The van der Waals surface area contributed by atoms with Gasteiger partial charge in [0.05, 0.1) is 0 Å². The number of amidine groups is 2. The molecule has 15 heavy (non-hydrogen) atoms. The average Bonchev–Trinajstić information content (AvgIpc) is 2.53. The van der Waals surface area contributed by atoms with E-state index in [1.807, 2.05) is 18.6 Å². The SMILES string of the molecule is CSc1cc(SC)c2c(c1)C(N)=NC2=N.